The van der Waals surface area contributed by atoms with Crippen LogP contribution in [0.3, 0.4) is 0 Å². The van der Waals surface area contributed by atoms with Crippen molar-refractivity contribution in [2.75, 3.05) is 32.1 Å². The second-order valence-electron chi connectivity index (χ2n) is 6.12. The van der Waals surface area contributed by atoms with Gasteiger partial charge >= 0.3 is 0 Å². The van der Waals surface area contributed by atoms with Crippen LogP contribution in [0.25, 0.3) is 10.2 Å². The molecular weight excluding hydrogens is 374 g/mol. The molecule has 1 amide bonds. The second kappa shape index (κ2) is 7.83. The number of rotatable bonds is 6. The third kappa shape index (κ3) is 4.20. The minimum Gasteiger partial charge on any atom is -0.308 e. The van der Waals surface area contributed by atoms with E-state index in [1.165, 1.54) is 0 Å². The van der Waals surface area contributed by atoms with Crippen molar-refractivity contribution in [3.8, 4) is 0 Å². The van der Waals surface area contributed by atoms with E-state index in [0.29, 0.717) is 18.0 Å². The Kier molecular flexibility index (Phi) is 5.74. The maximum Gasteiger partial charge on any atom is 0.234 e. The second-order valence-corrected chi connectivity index (χ2v) is 8.57. The number of hydrogen-bond acceptors (Lipinski definition) is 5. The molecule has 0 aliphatic heterocycles. The summed E-state index contributed by atoms with van der Waals surface area (Å²) in [5.74, 6) is 0.0760. The predicted molar refractivity (Wildman–Crippen MR) is 108 cm³/mol. The number of thiazole rings is 1. The Morgan fingerprint density at radius 1 is 1.24 bits per heavy atom. The van der Waals surface area contributed by atoms with Crippen LogP contribution < -0.4 is 4.90 Å². The van der Waals surface area contributed by atoms with Gasteiger partial charge in [-0.1, -0.05) is 29.0 Å². The monoisotopic (exact) mass is 393 g/mol. The lowest BCUT2D eigenvalue weighted by Crippen LogP contribution is -2.37. The molecule has 0 atom stereocenters. The molecule has 4 nitrogen and oxygen atoms in total. The van der Waals surface area contributed by atoms with E-state index < -0.39 is 0 Å². The standard InChI is InChI=1S/C18H20ClN3OS2/c1-12-14(19)6-7-15-17(12)20-18(25-15)22(9-8-21(2)3)16(23)11-13-5-4-10-24-13/h4-7,10H,8-9,11H2,1-3H3. The summed E-state index contributed by atoms with van der Waals surface area (Å²) >= 11 is 9.36. The van der Waals surface area contributed by atoms with Crippen LogP contribution in [0.5, 0.6) is 0 Å². The molecule has 0 bridgehead atoms. The van der Waals surface area contributed by atoms with Crippen LogP contribution >= 0.6 is 34.3 Å². The summed E-state index contributed by atoms with van der Waals surface area (Å²) in [5, 5.41) is 3.44. The van der Waals surface area contributed by atoms with Gasteiger partial charge < -0.3 is 4.90 Å². The van der Waals surface area contributed by atoms with E-state index in [4.69, 9.17) is 16.6 Å². The number of amides is 1. The van der Waals surface area contributed by atoms with Crippen LogP contribution in [0.2, 0.25) is 5.02 Å². The summed E-state index contributed by atoms with van der Waals surface area (Å²) in [6, 6.07) is 7.83. The first-order chi connectivity index (χ1) is 12.0. The Hall–Kier alpha value is -1.47. The van der Waals surface area contributed by atoms with Gasteiger partial charge in [-0.2, -0.15) is 0 Å². The highest BCUT2D eigenvalue weighted by Gasteiger charge is 2.21. The van der Waals surface area contributed by atoms with Crippen molar-refractivity contribution in [3.05, 3.63) is 45.1 Å². The average molecular weight is 394 g/mol. The molecule has 2 heterocycles. The topological polar surface area (TPSA) is 36.4 Å². The zero-order valence-corrected chi connectivity index (χ0v) is 16.8. The lowest BCUT2D eigenvalue weighted by molar-refractivity contribution is -0.118. The van der Waals surface area contributed by atoms with Gasteiger partial charge in [0, 0.05) is 23.0 Å². The summed E-state index contributed by atoms with van der Waals surface area (Å²) in [6.45, 7) is 3.36. The highest BCUT2D eigenvalue weighted by molar-refractivity contribution is 7.22. The molecule has 0 spiro atoms. The number of hydrogen-bond donors (Lipinski definition) is 0. The van der Waals surface area contributed by atoms with Crippen LogP contribution in [0.15, 0.2) is 29.6 Å². The van der Waals surface area contributed by atoms with Crippen molar-refractivity contribution in [1.82, 2.24) is 9.88 Å². The van der Waals surface area contributed by atoms with Crippen molar-refractivity contribution < 1.29 is 4.79 Å². The highest BCUT2D eigenvalue weighted by atomic mass is 35.5. The molecule has 1 aromatic carbocycles. The molecule has 0 aliphatic carbocycles. The van der Waals surface area contributed by atoms with Gasteiger partial charge in [-0.05, 0) is 50.2 Å². The molecule has 0 saturated heterocycles. The number of carbonyl (C=O) groups is 1. The van der Waals surface area contributed by atoms with Crippen LogP contribution in [0, 0.1) is 6.92 Å². The van der Waals surface area contributed by atoms with E-state index in [0.717, 1.165) is 32.3 Å². The van der Waals surface area contributed by atoms with Crippen molar-refractivity contribution in [2.24, 2.45) is 0 Å². The molecule has 0 saturated carbocycles. The van der Waals surface area contributed by atoms with E-state index >= 15 is 0 Å². The summed E-state index contributed by atoms with van der Waals surface area (Å²) in [6.07, 6.45) is 0.404. The lowest BCUT2D eigenvalue weighted by atomic mass is 10.2. The quantitative estimate of drug-likeness (QED) is 0.620. The lowest BCUT2D eigenvalue weighted by Gasteiger charge is -2.21. The Balaban J connectivity index is 1.93. The van der Waals surface area contributed by atoms with Crippen molar-refractivity contribution >= 4 is 55.5 Å². The molecule has 3 aromatic rings. The van der Waals surface area contributed by atoms with Crippen LogP contribution in [-0.4, -0.2) is 43.0 Å². The number of halogens is 1. The van der Waals surface area contributed by atoms with Gasteiger partial charge in [0.05, 0.1) is 16.6 Å². The SMILES string of the molecule is Cc1c(Cl)ccc2sc(N(CCN(C)C)C(=O)Cc3cccs3)nc12. The minimum absolute atomic E-state index is 0.0760. The molecule has 2 aromatic heterocycles. The van der Waals surface area contributed by atoms with Gasteiger partial charge in [-0.3, -0.25) is 9.69 Å². The fourth-order valence-electron chi connectivity index (χ4n) is 2.49. The smallest absolute Gasteiger partial charge is 0.234 e. The summed E-state index contributed by atoms with van der Waals surface area (Å²) in [7, 11) is 4.01. The van der Waals surface area contributed by atoms with Crippen LogP contribution in [-0.2, 0) is 11.2 Å². The van der Waals surface area contributed by atoms with E-state index in [1.54, 1.807) is 27.6 Å². The summed E-state index contributed by atoms with van der Waals surface area (Å²) in [5.41, 5.74) is 1.84. The van der Waals surface area contributed by atoms with E-state index in [1.807, 2.05) is 50.7 Å². The van der Waals surface area contributed by atoms with Gasteiger partial charge in [0.15, 0.2) is 5.13 Å². The third-order valence-electron chi connectivity index (χ3n) is 3.94. The molecule has 0 N–H and O–H groups in total. The zero-order chi connectivity index (χ0) is 18.0. The number of anilines is 1. The van der Waals surface area contributed by atoms with E-state index in [2.05, 4.69) is 4.90 Å². The zero-order valence-electron chi connectivity index (χ0n) is 14.5. The highest BCUT2D eigenvalue weighted by Crippen LogP contribution is 2.33. The molecule has 7 heteroatoms. The van der Waals surface area contributed by atoms with Crippen LogP contribution in [0.4, 0.5) is 5.13 Å². The maximum atomic E-state index is 12.9. The van der Waals surface area contributed by atoms with Crippen molar-refractivity contribution in [1.29, 1.82) is 0 Å². The average Bonchev–Trinajstić information content (AvgIpc) is 3.21. The number of thiophene rings is 1. The fraction of sp³-hybridized carbons (Fsp3) is 0.333. The van der Waals surface area contributed by atoms with Gasteiger partial charge in [0.1, 0.15) is 0 Å². The first kappa shape index (κ1) is 18.3. The van der Waals surface area contributed by atoms with Gasteiger partial charge in [-0.15, -0.1) is 11.3 Å². The first-order valence-corrected chi connectivity index (χ1v) is 10.1. The predicted octanol–water partition coefficient (Wildman–Crippen LogP) is 4.46. The Bertz CT molecular complexity index is 874. The molecule has 0 unspecified atom stereocenters. The van der Waals surface area contributed by atoms with E-state index in [-0.39, 0.29) is 5.91 Å². The summed E-state index contributed by atoms with van der Waals surface area (Å²) in [4.78, 5) is 22.6. The molecule has 0 fully saturated rings. The normalized spacial score (nSPS) is 11.4. The Morgan fingerprint density at radius 2 is 2.04 bits per heavy atom. The van der Waals surface area contributed by atoms with Crippen molar-refractivity contribution in [3.63, 3.8) is 0 Å². The number of fused-ring (bicyclic) bond motifs is 1. The Labute approximate surface area is 160 Å². The van der Waals surface area contributed by atoms with Gasteiger partial charge in [0.25, 0.3) is 0 Å². The van der Waals surface area contributed by atoms with E-state index in [9.17, 15) is 4.79 Å². The minimum atomic E-state index is 0.0760. The number of benzene rings is 1. The van der Waals surface area contributed by atoms with Gasteiger partial charge in [0.2, 0.25) is 5.91 Å². The largest absolute Gasteiger partial charge is 0.308 e. The molecule has 25 heavy (non-hydrogen) atoms. The molecule has 0 radical (unpaired) electrons. The first-order valence-electron chi connectivity index (χ1n) is 7.99. The van der Waals surface area contributed by atoms with Crippen molar-refractivity contribution in [2.45, 2.75) is 13.3 Å². The summed E-state index contributed by atoms with van der Waals surface area (Å²) < 4.78 is 1.05. The number of aryl methyl sites for hydroxylation is 1. The Morgan fingerprint density at radius 3 is 2.72 bits per heavy atom. The maximum absolute atomic E-state index is 12.9. The molecule has 0 aliphatic rings. The number of carbonyl (C=O) groups excluding carboxylic acids is 1. The fourth-order valence-corrected chi connectivity index (χ4v) is 4.41. The number of aromatic nitrogens is 1. The number of nitrogens with zero attached hydrogens (tertiary/aromatic N) is 3. The molecule has 3 rings (SSSR count). The third-order valence-corrected chi connectivity index (χ3v) is 6.27. The molecule has 132 valence electrons. The molecular formula is C18H20ClN3OS2. The number of likely N-dealkylation sites (N-methyl/N-ethyl adjacent to an activating group) is 1. The van der Waals surface area contributed by atoms with Gasteiger partial charge in [-0.25, -0.2) is 4.98 Å². The van der Waals surface area contributed by atoms with Crippen LogP contribution in [0.1, 0.15) is 10.4 Å².